The van der Waals surface area contributed by atoms with Crippen LogP contribution >= 0.6 is 0 Å². The molecule has 10 heteroatoms. The van der Waals surface area contributed by atoms with E-state index in [1.807, 2.05) is 19.3 Å². The van der Waals surface area contributed by atoms with Crippen LogP contribution in [0.2, 0.25) is 0 Å². The van der Waals surface area contributed by atoms with Gasteiger partial charge in [0.25, 0.3) is 5.91 Å². The maximum Gasteiger partial charge on any atom is 0.251 e. The van der Waals surface area contributed by atoms with E-state index < -0.39 is 0 Å². The molecule has 1 atom stereocenters. The Kier molecular flexibility index (Phi) is 6.70. The number of carbonyl (C=O) groups excluding carboxylic acids is 2. The van der Waals surface area contributed by atoms with Crippen molar-refractivity contribution in [1.29, 1.82) is 0 Å². The Morgan fingerprint density at radius 1 is 1.23 bits per heavy atom. The van der Waals surface area contributed by atoms with Crippen LogP contribution in [-0.2, 0) is 4.79 Å². The van der Waals surface area contributed by atoms with Crippen molar-refractivity contribution in [3.63, 3.8) is 0 Å². The van der Waals surface area contributed by atoms with Crippen molar-refractivity contribution >= 4 is 41.2 Å². The van der Waals surface area contributed by atoms with Crippen LogP contribution in [0.1, 0.15) is 55.3 Å². The van der Waals surface area contributed by atoms with Gasteiger partial charge in [-0.2, -0.15) is 4.98 Å². The number of allylic oxidation sites excluding steroid dienone is 1. The third-order valence-corrected chi connectivity index (χ3v) is 8.40. The third kappa shape index (κ3) is 4.95. The average Bonchev–Trinajstić information content (AvgIpc) is 3.58. The van der Waals surface area contributed by atoms with Crippen molar-refractivity contribution < 1.29 is 14.3 Å². The van der Waals surface area contributed by atoms with Gasteiger partial charge in [0, 0.05) is 50.1 Å². The molecular weight excluding hydrogens is 494 g/mol. The first kappa shape index (κ1) is 25.3. The molecule has 2 aromatic rings. The fraction of sp³-hybridized carbons (Fsp3) is 0.483. The minimum absolute atomic E-state index is 0.163. The lowest BCUT2D eigenvalue weighted by Gasteiger charge is -2.31. The molecule has 6 rings (SSSR count). The summed E-state index contributed by atoms with van der Waals surface area (Å²) in [4.78, 5) is 43.8. The molecular formula is C29H35N7O3. The number of amides is 2. The number of carbonyl (C=O) groups is 2. The molecule has 2 amide bonds. The molecule has 1 aromatic carbocycles. The molecule has 3 heterocycles. The number of fused-ring (bicyclic) bond motifs is 1. The number of benzene rings is 1. The lowest BCUT2D eigenvalue weighted by atomic mass is 10.0. The zero-order valence-electron chi connectivity index (χ0n) is 22.5. The summed E-state index contributed by atoms with van der Waals surface area (Å²) >= 11 is 0. The van der Waals surface area contributed by atoms with E-state index in [0.717, 1.165) is 43.6 Å². The Morgan fingerprint density at radius 2 is 2.05 bits per heavy atom. The lowest BCUT2D eigenvalue weighted by Crippen LogP contribution is -2.41. The summed E-state index contributed by atoms with van der Waals surface area (Å²) in [5.41, 5.74) is 1.61. The highest BCUT2D eigenvalue weighted by atomic mass is 16.5. The minimum atomic E-state index is -0.300. The summed E-state index contributed by atoms with van der Waals surface area (Å²) in [5, 5.41) is 6.26. The van der Waals surface area contributed by atoms with Crippen molar-refractivity contribution in [2.75, 3.05) is 42.4 Å². The largest absolute Gasteiger partial charge is 0.495 e. The predicted molar refractivity (Wildman–Crippen MR) is 151 cm³/mol. The van der Waals surface area contributed by atoms with Crippen LogP contribution in [0.5, 0.6) is 5.75 Å². The van der Waals surface area contributed by atoms with Gasteiger partial charge in [0.05, 0.1) is 24.4 Å². The van der Waals surface area contributed by atoms with Crippen LogP contribution in [0, 0.1) is 11.3 Å². The first-order valence-electron chi connectivity index (χ1n) is 13.8. The molecule has 0 radical (unpaired) electrons. The maximum atomic E-state index is 13.3. The Labute approximate surface area is 228 Å². The maximum absolute atomic E-state index is 13.3. The highest BCUT2D eigenvalue weighted by Gasteiger charge is 2.55. The molecule has 0 bridgehead atoms. The van der Waals surface area contributed by atoms with Gasteiger partial charge in [-0.25, -0.2) is 4.98 Å². The van der Waals surface area contributed by atoms with E-state index in [1.54, 1.807) is 42.6 Å². The van der Waals surface area contributed by atoms with Crippen molar-refractivity contribution in [2.24, 2.45) is 16.3 Å². The predicted octanol–water partition coefficient (Wildman–Crippen LogP) is 4.07. The topological polar surface area (TPSA) is 112 Å². The average molecular weight is 530 g/mol. The van der Waals surface area contributed by atoms with Crippen molar-refractivity contribution in [3.8, 4) is 5.75 Å². The van der Waals surface area contributed by atoms with Gasteiger partial charge in [-0.1, -0.05) is 18.9 Å². The number of ether oxygens (including phenoxy) is 1. The SMILES string of the molecule is COc1cc(C(=O)NCC2C=NC=CC2)ccc1Nc1ncc2c(n1)N(C1CCCC1)CC1(CC1)C(=O)N2C. The lowest BCUT2D eigenvalue weighted by molar-refractivity contribution is -0.122. The van der Waals surface area contributed by atoms with E-state index in [0.29, 0.717) is 42.1 Å². The number of nitrogens with zero attached hydrogens (tertiary/aromatic N) is 5. The van der Waals surface area contributed by atoms with Gasteiger partial charge in [0.1, 0.15) is 11.4 Å². The zero-order valence-corrected chi connectivity index (χ0v) is 22.5. The molecule has 10 nitrogen and oxygen atoms in total. The van der Waals surface area contributed by atoms with Crippen LogP contribution in [0.15, 0.2) is 41.7 Å². The molecule has 2 aliphatic carbocycles. The van der Waals surface area contributed by atoms with Gasteiger partial charge in [-0.3, -0.25) is 14.6 Å². The van der Waals surface area contributed by atoms with Gasteiger partial charge >= 0.3 is 0 Å². The number of aliphatic imine (C=N–C) groups is 1. The quantitative estimate of drug-likeness (QED) is 0.556. The molecule has 2 N–H and O–H groups in total. The zero-order chi connectivity index (χ0) is 27.0. The van der Waals surface area contributed by atoms with E-state index in [1.165, 1.54) is 12.8 Å². The van der Waals surface area contributed by atoms with E-state index in [2.05, 4.69) is 25.5 Å². The van der Waals surface area contributed by atoms with E-state index in [4.69, 9.17) is 9.72 Å². The molecule has 2 fully saturated rings. The molecule has 1 unspecified atom stereocenters. The number of rotatable bonds is 7. The van der Waals surface area contributed by atoms with Crippen molar-refractivity contribution in [1.82, 2.24) is 15.3 Å². The molecule has 1 aromatic heterocycles. The van der Waals surface area contributed by atoms with Gasteiger partial charge in [0.15, 0.2) is 5.82 Å². The van der Waals surface area contributed by atoms with E-state index >= 15 is 0 Å². The fourth-order valence-corrected chi connectivity index (χ4v) is 5.90. The van der Waals surface area contributed by atoms with E-state index in [-0.39, 0.29) is 23.1 Å². The highest BCUT2D eigenvalue weighted by Crippen LogP contribution is 2.52. The highest BCUT2D eigenvalue weighted by molar-refractivity contribution is 6.03. The summed E-state index contributed by atoms with van der Waals surface area (Å²) < 4.78 is 5.61. The number of anilines is 4. The van der Waals surface area contributed by atoms with Crippen LogP contribution < -0.4 is 25.2 Å². The number of hydrogen-bond donors (Lipinski definition) is 2. The second-order valence-electron chi connectivity index (χ2n) is 11.0. The summed E-state index contributed by atoms with van der Waals surface area (Å²) in [7, 11) is 3.41. The number of methoxy groups -OCH3 is 1. The Balaban J connectivity index is 1.23. The van der Waals surface area contributed by atoms with E-state index in [9.17, 15) is 9.59 Å². The van der Waals surface area contributed by atoms with Gasteiger partial charge in [-0.15, -0.1) is 0 Å². The normalized spacial score (nSPS) is 21.6. The molecule has 2 saturated carbocycles. The fourth-order valence-electron chi connectivity index (χ4n) is 5.90. The van der Waals surface area contributed by atoms with Gasteiger partial charge < -0.3 is 25.2 Å². The van der Waals surface area contributed by atoms with Crippen LogP contribution in [0.3, 0.4) is 0 Å². The van der Waals surface area contributed by atoms with Crippen LogP contribution in [0.4, 0.5) is 23.1 Å². The molecule has 39 heavy (non-hydrogen) atoms. The number of hydrogen-bond acceptors (Lipinski definition) is 8. The first-order chi connectivity index (χ1) is 19.0. The molecule has 1 spiro atoms. The second kappa shape index (κ2) is 10.3. The van der Waals surface area contributed by atoms with Crippen molar-refractivity contribution in [3.05, 3.63) is 42.2 Å². The molecule has 204 valence electrons. The molecule has 0 saturated heterocycles. The van der Waals surface area contributed by atoms with Crippen molar-refractivity contribution in [2.45, 2.75) is 51.0 Å². The standard InChI is InChI=1S/C29H35N7O3/c1-35-23-17-32-28(34-25(23)36(21-7-3-4-8-21)18-29(11-12-29)27(35)38)33-22-10-9-20(14-24(22)39-2)26(37)31-16-19-6-5-13-30-15-19/h5,9-10,13-15,17,19,21H,3-4,6-8,11-12,16,18H2,1-2H3,(H,31,37)(H,32,33,34). The smallest absolute Gasteiger partial charge is 0.251 e. The summed E-state index contributed by atoms with van der Waals surface area (Å²) in [5.74, 6) is 1.93. The summed E-state index contributed by atoms with van der Waals surface area (Å²) in [6.45, 7) is 1.23. The summed E-state index contributed by atoms with van der Waals surface area (Å²) in [6, 6.07) is 5.65. The minimum Gasteiger partial charge on any atom is -0.495 e. The first-order valence-corrected chi connectivity index (χ1v) is 13.8. The molecule has 4 aliphatic rings. The Morgan fingerprint density at radius 3 is 2.77 bits per heavy atom. The van der Waals surface area contributed by atoms with Crippen LogP contribution in [-0.4, -0.2) is 61.3 Å². The summed E-state index contributed by atoms with van der Waals surface area (Å²) in [6.07, 6.45) is 14.7. The Bertz CT molecular complexity index is 1330. The Hall–Kier alpha value is -3.95. The number of aromatic nitrogens is 2. The molecule has 2 aliphatic heterocycles. The third-order valence-electron chi connectivity index (χ3n) is 8.40. The van der Waals surface area contributed by atoms with Gasteiger partial charge in [-0.05, 0) is 50.3 Å². The second-order valence-corrected chi connectivity index (χ2v) is 11.0. The van der Waals surface area contributed by atoms with Crippen LogP contribution in [0.25, 0.3) is 0 Å². The number of nitrogens with one attached hydrogen (secondary N) is 2. The monoisotopic (exact) mass is 529 g/mol. The van der Waals surface area contributed by atoms with Gasteiger partial charge in [0.2, 0.25) is 11.9 Å².